The fourth-order valence-corrected chi connectivity index (χ4v) is 1.92. The number of aromatic carboxylic acids is 1. The molecule has 0 saturated heterocycles. The van der Waals surface area contributed by atoms with Crippen molar-refractivity contribution < 1.29 is 9.90 Å². The minimum absolute atomic E-state index is 0.253. The number of benzene rings is 1. The Morgan fingerprint density at radius 1 is 1.50 bits per heavy atom. The average molecular weight is 242 g/mol. The van der Waals surface area contributed by atoms with Gasteiger partial charge in [-0.05, 0) is 39.0 Å². The van der Waals surface area contributed by atoms with E-state index in [9.17, 15) is 4.79 Å². The van der Waals surface area contributed by atoms with E-state index in [-0.39, 0.29) is 11.6 Å². The molecule has 1 rings (SSSR count). The summed E-state index contributed by atoms with van der Waals surface area (Å²) in [4.78, 5) is 13.2. The van der Waals surface area contributed by atoms with Crippen LogP contribution in [0.4, 0.5) is 5.69 Å². The van der Waals surface area contributed by atoms with Crippen molar-refractivity contribution in [2.24, 2.45) is 0 Å². The van der Waals surface area contributed by atoms with Gasteiger partial charge in [-0.3, -0.25) is 0 Å². The topological polar surface area (TPSA) is 40.5 Å². The Hall–Kier alpha value is -1.22. The summed E-state index contributed by atoms with van der Waals surface area (Å²) in [6, 6.07) is 5.22. The molecular formula is C12H16ClNO2. The van der Waals surface area contributed by atoms with Gasteiger partial charge in [0.2, 0.25) is 0 Å². The zero-order valence-corrected chi connectivity index (χ0v) is 10.5. The first kappa shape index (κ1) is 12.8. The fraction of sp³-hybridized carbons (Fsp3) is 0.417. The van der Waals surface area contributed by atoms with Gasteiger partial charge in [0.25, 0.3) is 0 Å². The van der Waals surface area contributed by atoms with E-state index < -0.39 is 5.97 Å². The van der Waals surface area contributed by atoms with Gasteiger partial charge in [-0.2, -0.15) is 0 Å². The van der Waals surface area contributed by atoms with Gasteiger partial charge in [-0.15, -0.1) is 0 Å². The van der Waals surface area contributed by atoms with E-state index in [2.05, 4.69) is 0 Å². The van der Waals surface area contributed by atoms with Crippen LogP contribution in [0.25, 0.3) is 0 Å². The predicted molar refractivity (Wildman–Crippen MR) is 66.6 cm³/mol. The second-order valence-corrected chi connectivity index (χ2v) is 4.28. The van der Waals surface area contributed by atoms with Gasteiger partial charge in [0, 0.05) is 17.6 Å². The minimum atomic E-state index is -0.948. The summed E-state index contributed by atoms with van der Waals surface area (Å²) < 4.78 is 0. The monoisotopic (exact) mass is 241 g/mol. The molecule has 1 aromatic carbocycles. The molecule has 16 heavy (non-hydrogen) atoms. The summed E-state index contributed by atoms with van der Waals surface area (Å²) in [7, 11) is 0. The van der Waals surface area contributed by atoms with E-state index >= 15 is 0 Å². The SMILES string of the molecule is CCN(c1ccc(Cl)cc1C(=O)O)C(C)C. The summed E-state index contributed by atoms with van der Waals surface area (Å²) in [6.07, 6.45) is 0. The molecule has 0 saturated carbocycles. The molecule has 88 valence electrons. The van der Waals surface area contributed by atoms with Crippen molar-refractivity contribution in [3.63, 3.8) is 0 Å². The van der Waals surface area contributed by atoms with Gasteiger partial charge in [0.1, 0.15) is 0 Å². The Kier molecular flexibility index (Phi) is 4.19. The summed E-state index contributed by atoms with van der Waals surface area (Å²) >= 11 is 5.81. The summed E-state index contributed by atoms with van der Waals surface area (Å²) in [5.41, 5.74) is 0.970. The number of nitrogens with zero attached hydrogens (tertiary/aromatic N) is 1. The Morgan fingerprint density at radius 3 is 2.56 bits per heavy atom. The number of carboxylic acids is 1. The van der Waals surface area contributed by atoms with Crippen LogP contribution in [0.2, 0.25) is 5.02 Å². The van der Waals surface area contributed by atoms with E-state index in [1.807, 2.05) is 25.7 Å². The van der Waals surface area contributed by atoms with Gasteiger partial charge in [0.05, 0.1) is 11.3 Å². The number of carboxylic acid groups (broad SMARTS) is 1. The zero-order valence-electron chi connectivity index (χ0n) is 9.70. The Balaban J connectivity index is 3.26. The van der Waals surface area contributed by atoms with Crippen LogP contribution in [0.15, 0.2) is 18.2 Å². The highest BCUT2D eigenvalue weighted by Gasteiger charge is 2.17. The quantitative estimate of drug-likeness (QED) is 0.880. The van der Waals surface area contributed by atoms with Crippen LogP contribution in [0.5, 0.6) is 0 Å². The van der Waals surface area contributed by atoms with Crippen LogP contribution in [0.1, 0.15) is 31.1 Å². The highest BCUT2D eigenvalue weighted by Crippen LogP contribution is 2.25. The van der Waals surface area contributed by atoms with Crippen molar-refractivity contribution in [3.05, 3.63) is 28.8 Å². The fourth-order valence-electron chi connectivity index (χ4n) is 1.74. The smallest absolute Gasteiger partial charge is 0.337 e. The van der Waals surface area contributed by atoms with Gasteiger partial charge < -0.3 is 10.0 Å². The maximum atomic E-state index is 11.1. The highest BCUT2D eigenvalue weighted by molar-refractivity contribution is 6.31. The molecule has 0 radical (unpaired) electrons. The highest BCUT2D eigenvalue weighted by atomic mass is 35.5. The lowest BCUT2D eigenvalue weighted by Gasteiger charge is -2.28. The van der Waals surface area contributed by atoms with E-state index in [4.69, 9.17) is 16.7 Å². The number of rotatable bonds is 4. The molecule has 0 aliphatic heterocycles. The van der Waals surface area contributed by atoms with E-state index in [0.717, 1.165) is 12.2 Å². The van der Waals surface area contributed by atoms with Crippen LogP contribution >= 0.6 is 11.6 Å². The van der Waals surface area contributed by atoms with Crippen LogP contribution in [0, 0.1) is 0 Å². The second-order valence-electron chi connectivity index (χ2n) is 3.85. The molecule has 0 spiro atoms. The number of anilines is 1. The summed E-state index contributed by atoms with van der Waals surface area (Å²) in [5.74, 6) is -0.948. The standard InChI is InChI=1S/C12H16ClNO2/c1-4-14(8(2)3)11-6-5-9(13)7-10(11)12(15)16/h5-8H,4H2,1-3H3,(H,15,16). The third-order valence-electron chi connectivity index (χ3n) is 2.46. The van der Waals surface area contributed by atoms with Gasteiger partial charge in [-0.25, -0.2) is 4.79 Å². The molecule has 1 N–H and O–H groups in total. The maximum absolute atomic E-state index is 11.1. The van der Waals surface area contributed by atoms with Crippen molar-refractivity contribution in [2.45, 2.75) is 26.8 Å². The van der Waals surface area contributed by atoms with Crippen LogP contribution in [-0.4, -0.2) is 23.7 Å². The molecule has 0 unspecified atom stereocenters. The largest absolute Gasteiger partial charge is 0.478 e. The Labute approximate surface area is 101 Å². The van der Waals surface area contributed by atoms with Crippen molar-refractivity contribution in [2.75, 3.05) is 11.4 Å². The number of hydrogen-bond acceptors (Lipinski definition) is 2. The van der Waals surface area contributed by atoms with E-state index in [1.54, 1.807) is 12.1 Å². The summed E-state index contributed by atoms with van der Waals surface area (Å²) in [5, 5.41) is 9.58. The third-order valence-corrected chi connectivity index (χ3v) is 2.70. The van der Waals surface area contributed by atoms with Crippen LogP contribution < -0.4 is 4.90 Å². The molecule has 3 nitrogen and oxygen atoms in total. The lowest BCUT2D eigenvalue weighted by atomic mass is 10.1. The lowest BCUT2D eigenvalue weighted by Crippen LogP contribution is -2.31. The van der Waals surface area contributed by atoms with Gasteiger partial charge in [-0.1, -0.05) is 11.6 Å². The average Bonchev–Trinajstić information content (AvgIpc) is 2.20. The molecule has 0 fully saturated rings. The molecule has 0 amide bonds. The normalized spacial score (nSPS) is 10.6. The van der Waals surface area contributed by atoms with Crippen molar-refractivity contribution in [1.29, 1.82) is 0 Å². The molecule has 0 aromatic heterocycles. The van der Waals surface area contributed by atoms with Crippen molar-refractivity contribution >= 4 is 23.3 Å². The summed E-state index contributed by atoms with van der Waals surface area (Å²) in [6.45, 7) is 6.83. The molecule has 1 aromatic rings. The van der Waals surface area contributed by atoms with Gasteiger partial charge >= 0.3 is 5.97 Å². The van der Waals surface area contributed by atoms with E-state index in [0.29, 0.717) is 5.02 Å². The molecule has 4 heteroatoms. The predicted octanol–water partition coefficient (Wildman–Crippen LogP) is 3.27. The van der Waals surface area contributed by atoms with Crippen LogP contribution in [0.3, 0.4) is 0 Å². The van der Waals surface area contributed by atoms with E-state index in [1.165, 1.54) is 6.07 Å². The lowest BCUT2D eigenvalue weighted by molar-refractivity contribution is 0.0697. The molecule has 0 aliphatic carbocycles. The van der Waals surface area contributed by atoms with Crippen LogP contribution in [-0.2, 0) is 0 Å². The first-order chi connectivity index (χ1) is 7.47. The first-order valence-electron chi connectivity index (χ1n) is 5.26. The first-order valence-corrected chi connectivity index (χ1v) is 5.64. The zero-order chi connectivity index (χ0) is 12.3. The molecule has 0 aliphatic rings. The maximum Gasteiger partial charge on any atom is 0.337 e. The van der Waals surface area contributed by atoms with Crippen molar-refractivity contribution in [3.8, 4) is 0 Å². The molecule has 0 atom stereocenters. The minimum Gasteiger partial charge on any atom is -0.478 e. The number of hydrogen-bond donors (Lipinski definition) is 1. The molecule has 0 heterocycles. The van der Waals surface area contributed by atoms with Crippen molar-refractivity contribution in [1.82, 2.24) is 0 Å². The second kappa shape index (κ2) is 5.21. The number of carbonyl (C=O) groups is 1. The Bertz CT molecular complexity index is 391. The Morgan fingerprint density at radius 2 is 2.12 bits per heavy atom. The third kappa shape index (κ3) is 2.67. The van der Waals surface area contributed by atoms with Gasteiger partial charge in [0.15, 0.2) is 0 Å². The molecular weight excluding hydrogens is 226 g/mol. The molecule has 0 bridgehead atoms. The number of halogens is 1.